The minimum atomic E-state index is -0.103. The first-order valence-electron chi connectivity index (χ1n) is 6.95. The number of ether oxygens (including phenoxy) is 1. The van der Waals surface area contributed by atoms with Crippen LogP contribution in [0.1, 0.15) is 0 Å². The summed E-state index contributed by atoms with van der Waals surface area (Å²) in [6.45, 7) is 0.902. The van der Waals surface area contributed by atoms with E-state index in [4.69, 9.17) is 4.74 Å². The summed E-state index contributed by atoms with van der Waals surface area (Å²) in [7, 11) is 1.60. The van der Waals surface area contributed by atoms with Gasteiger partial charge in [0.05, 0.1) is 13.2 Å². The van der Waals surface area contributed by atoms with Gasteiger partial charge < -0.3 is 10.1 Å². The van der Waals surface area contributed by atoms with Crippen molar-refractivity contribution >= 4 is 22.7 Å². The first-order chi connectivity index (χ1) is 10.8. The highest BCUT2D eigenvalue weighted by Gasteiger charge is 2.07. The van der Waals surface area contributed by atoms with Crippen molar-refractivity contribution in [1.82, 2.24) is 14.5 Å². The molecule has 0 atom stereocenters. The van der Waals surface area contributed by atoms with Gasteiger partial charge in [0.1, 0.15) is 5.65 Å². The van der Waals surface area contributed by atoms with Crippen LogP contribution in [0.4, 0.5) is 11.6 Å². The standard InChI is InChI=1S/C16H16N4O2/c1-22-10-9-20-14(21)8-7-12-11-17-16(19-15(12)20)18-13-5-3-2-4-6-13/h2-8,11H,9-10H2,1H3,(H,17,18,19). The van der Waals surface area contributed by atoms with E-state index in [9.17, 15) is 4.79 Å². The smallest absolute Gasteiger partial charge is 0.252 e. The molecule has 0 aliphatic rings. The van der Waals surface area contributed by atoms with E-state index in [2.05, 4.69) is 15.3 Å². The van der Waals surface area contributed by atoms with Crippen LogP contribution in [0.5, 0.6) is 0 Å². The van der Waals surface area contributed by atoms with Crippen LogP contribution in [0, 0.1) is 0 Å². The Labute approximate surface area is 127 Å². The van der Waals surface area contributed by atoms with Gasteiger partial charge in [0.25, 0.3) is 5.56 Å². The maximum Gasteiger partial charge on any atom is 0.252 e. The molecule has 1 N–H and O–H groups in total. The van der Waals surface area contributed by atoms with Gasteiger partial charge >= 0.3 is 0 Å². The van der Waals surface area contributed by atoms with Gasteiger partial charge in [0.2, 0.25) is 5.95 Å². The molecule has 3 aromatic rings. The number of nitrogens with zero attached hydrogens (tertiary/aromatic N) is 3. The quantitative estimate of drug-likeness (QED) is 0.781. The number of hydrogen-bond acceptors (Lipinski definition) is 5. The number of rotatable bonds is 5. The molecule has 0 fully saturated rings. The average molecular weight is 296 g/mol. The summed E-state index contributed by atoms with van der Waals surface area (Å²) >= 11 is 0. The molecule has 22 heavy (non-hydrogen) atoms. The zero-order chi connectivity index (χ0) is 15.4. The molecule has 0 aliphatic heterocycles. The molecule has 0 saturated carbocycles. The molecule has 0 unspecified atom stereocenters. The Morgan fingerprint density at radius 2 is 2.00 bits per heavy atom. The average Bonchev–Trinajstić information content (AvgIpc) is 2.55. The number of hydrogen-bond donors (Lipinski definition) is 1. The number of fused-ring (bicyclic) bond motifs is 1. The molecule has 6 heteroatoms. The van der Waals surface area contributed by atoms with E-state index < -0.39 is 0 Å². The SMILES string of the molecule is COCCn1c(=O)ccc2cnc(Nc3ccccc3)nc21. The van der Waals surface area contributed by atoms with Crippen molar-refractivity contribution in [2.24, 2.45) is 0 Å². The van der Waals surface area contributed by atoms with Gasteiger partial charge in [0, 0.05) is 30.4 Å². The zero-order valence-corrected chi connectivity index (χ0v) is 12.2. The highest BCUT2D eigenvalue weighted by atomic mass is 16.5. The minimum absolute atomic E-state index is 0.103. The summed E-state index contributed by atoms with van der Waals surface area (Å²) in [5.41, 5.74) is 1.38. The second-order valence-corrected chi connectivity index (χ2v) is 4.78. The van der Waals surface area contributed by atoms with E-state index in [0.717, 1.165) is 11.1 Å². The molecular weight excluding hydrogens is 280 g/mol. The Kier molecular flexibility index (Phi) is 4.11. The predicted octanol–water partition coefficient (Wildman–Crippen LogP) is 2.18. The van der Waals surface area contributed by atoms with E-state index in [-0.39, 0.29) is 5.56 Å². The zero-order valence-electron chi connectivity index (χ0n) is 12.2. The number of aromatic nitrogens is 3. The van der Waals surface area contributed by atoms with Gasteiger partial charge in [0.15, 0.2) is 0 Å². The van der Waals surface area contributed by atoms with Gasteiger partial charge in [-0.1, -0.05) is 18.2 Å². The minimum Gasteiger partial charge on any atom is -0.383 e. The summed E-state index contributed by atoms with van der Waals surface area (Å²) in [4.78, 5) is 20.8. The van der Waals surface area contributed by atoms with Crippen LogP contribution in [0.3, 0.4) is 0 Å². The lowest BCUT2D eigenvalue weighted by Crippen LogP contribution is -2.22. The molecule has 0 spiro atoms. The molecule has 1 aromatic carbocycles. The second kappa shape index (κ2) is 6.36. The molecule has 0 amide bonds. The molecule has 2 heterocycles. The third kappa shape index (κ3) is 2.96. The highest BCUT2D eigenvalue weighted by molar-refractivity contribution is 5.75. The van der Waals surface area contributed by atoms with Crippen LogP contribution in [0.15, 0.2) is 53.5 Å². The molecule has 112 valence electrons. The first kappa shape index (κ1) is 14.2. The lowest BCUT2D eigenvalue weighted by atomic mass is 10.3. The summed E-state index contributed by atoms with van der Waals surface area (Å²) in [6.07, 6.45) is 1.70. The monoisotopic (exact) mass is 296 g/mol. The Bertz CT molecular complexity index is 830. The van der Waals surface area contributed by atoms with Gasteiger partial charge in [-0.25, -0.2) is 4.98 Å². The molecule has 3 rings (SSSR count). The van der Waals surface area contributed by atoms with Crippen molar-refractivity contribution < 1.29 is 4.74 Å². The predicted molar refractivity (Wildman–Crippen MR) is 85.4 cm³/mol. The van der Waals surface area contributed by atoms with Crippen LogP contribution in [-0.2, 0) is 11.3 Å². The summed E-state index contributed by atoms with van der Waals surface area (Å²) in [5.74, 6) is 0.454. The van der Waals surface area contributed by atoms with Crippen molar-refractivity contribution in [2.45, 2.75) is 6.54 Å². The largest absolute Gasteiger partial charge is 0.383 e. The number of para-hydroxylation sites is 1. The van der Waals surface area contributed by atoms with Crippen molar-refractivity contribution in [3.8, 4) is 0 Å². The summed E-state index contributed by atoms with van der Waals surface area (Å²) in [5, 5.41) is 3.94. The van der Waals surface area contributed by atoms with Crippen LogP contribution in [0.2, 0.25) is 0 Å². The third-order valence-electron chi connectivity index (χ3n) is 3.27. The Balaban J connectivity index is 2.02. The number of nitrogens with one attached hydrogen (secondary N) is 1. The molecule has 2 aromatic heterocycles. The second-order valence-electron chi connectivity index (χ2n) is 4.78. The normalized spacial score (nSPS) is 10.8. The maximum absolute atomic E-state index is 12.0. The van der Waals surface area contributed by atoms with Crippen LogP contribution >= 0.6 is 0 Å². The van der Waals surface area contributed by atoms with E-state index in [1.807, 2.05) is 30.3 Å². The third-order valence-corrected chi connectivity index (χ3v) is 3.27. The Morgan fingerprint density at radius 3 is 2.77 bits per heavy atom. The fraction of sp³-hybridized carbons (Fsp3) is 0.188. The van der Waals surface area contributed by atoms with Crippen molar-refractivity contribution in [3.63, 3.8) is 0 Å². The van der Waals surface area contributed by atoms with Crippen LogP contribution in [-0.4, -0.2) is 28.3 Å². The summed E-state index contributed by atoms with van der Waals surface area (Å²) in [6, 6.07) is 12.9. The van der Waals surface area contributed by atoms with E-state index >= 15 is 0 Å². The van der Waals surface area contributed by atoms with Crippen LogP contribution in [0.25, 0.3) is 11.0 Å². The lowest BCUT2D eigenvalue weighted by Gasteiger charge is -2.10. The summed E-state index contributed by atoms with van der Waals surface area (Å²) < 4.78 is 6.65. The molecular formula is C16H16N4O2. The van der Waals surface area contributed by atoms with Crippen molar-refractivity contribution in [2.75, 3.05) is 19.0 Å². The van der Waals surface area contributed by atoms with Gasteiger partial charge in [-0.2, -0.15) is 4.98 Å². The van der Waals surface area contributed by atoms with Crippen molar-refractivity contribution in [3.05, 3.63) is 59.0 Å². The lowest BCUT2D eigenvalue weighted by molar-refractivity contribution is 0.187. The number of anilines is 2. The van der Waals surface area contributed by atoms with E-state index in [0.29, 0.717) is 24.7 Å². The fourth-order valence-corrected chi connectivity index (χ4v) is 2.18. The van der Waals surface area contributed by atoms with Gasteiger partial charge in [-0.05, 0) is 18.2 Å². The fourth-order valence-electron chi connectivity index (χ4n) is 2.18. The van der Waals surface area contributed by atoms with E-state index in [1.54, 1.807) is 23.9 Å². The topological polar surface area (TPSA) is 69.0 Å². The van der Waals surface area contributed by atoms with Gasteiger partial charge in [-0.3, -0.25) is 9.36 Å². The molecule has 6 nitrogen and oxygen atoms in total. The number of methoxy groups -OCH3 is 1. The van der Waals surface area contributed by atoms with Gasteiger partial charge in [-0.15, -0.1) is 0 Å². The molecule has 0 radical (unpaired) electrons. The first-order valence-corrected chi connectivity index (χ1v) is 6.95. The Morgan fingerprint density at radius 1 is 1.18 bits per heavy atom. The van der Waals surface area contributed by atoms with Crippen LogP contribution < -0.4 is 10.9 Å². The Hall–Kier alpha value is -2.73. The highest BCUT2D eigenvalue weighted by Crippen LogP contribution is 2.15. The number of benzene rings is 1. The molecule has 0 saturated heterocycles. The molecule has 0 aliphatic carbocycles. The van der Waals surface area contributed by atoms with E-state index in [1.165, 1.54) is 6.07 Å². The number of pyridine rings is 1. The molecule has 0 bridgehead atoms. The van der Waals surface area contributed by atoms with Crippen molar-refractivity contribution in [1.29, 1.82) is 0 Å². The maximum atomic E-state index is 12.0.